The van der Waals surface area contributed by atoms with Crippen LogP contribution in [0.3, 0.4) is 0 Å². The zero-order valence-electron chi connectivity index (χ0n) is 15.0. The number of esters is 1. The molecule has 0 aromatic carbocycles. The highest BCUT2D eigenvalue weighted by atomic mass is 16.6. The van der Waals surface area contributed by atoms with Crippen molar-refractivity contribution in [3.63, 3.8) is 0 Å². The Balaban J connectivity index is 1.21. The maximum Gasteiger partial charge on any atom is 0.310 e. The number of rotatable bonds is 3. The van der Waals surface area contributed by atoms with Crippen LogP contribution in [0.1, 0.15) is 26.2 Å². The minimum Gasteiger partial charge on any atom is -0.698 e. The zero-order chi connectivity index (χ0) is 17.6. The van der Waals surface area contributed by atoms with Crippen molar-refractivity contribution in [2.45, 2.75) is 32.3 Å². The number of hydrogen-bond donors (Lipinski definition) is 0. The van der Waals surface area contributed by atoms with E-state index in [0.717, 1.165) is 30.3 Å². The average molecular weight is 352 g/mol. The van der Waals surface area contributed by atoms with Gasteiger partial charge in [0.1, 0.15) is 6.10 Å². The van der Waals surface area contributed by atoms with E-state index in [0.29, 0.717) is 23.7 Å². The molecule has 9 atom stereocenters. The molecule has 3 saturated carbocycles. The smallest absolute Gasteiger partial charge is 0.310 e. The Bertz CT molecular complexity index is 749. The lowest BCUT2D eigenvalue weighted by Gasteiger charge is -2.46. The third kappa shape index (κ3) is 1.80. The van der Waals surface area contributed by atoms with Crippen LogP contribution in [-0.2, 0) is 14.3 Å². The van der Waals surface area contributed by atoms with Crippen LogP contribution in [-0.4, -0.2) is 18.7 Å². The molecule has 6 rings (SSSR count). The SMILES string of the molecule is C[C-]1C(=C([O-])OC[C@@H]2C(=O)O[C@@H]3C=CC[C@H]23)C2CC1C1C3C=CC(C3)C21. The van der Waals surface area contributed by atoms with Gasteiger partial charge in [-0.05, 0) is 55.1 Å². The van der Waals surface area contributed by atoms with Crippen LogP contribution in [0, 0.1) is 53.3 Å². The highest BCUT2D eigenvalue weighted by Gasteiger charge is 2.58. The second-order valence-electron chi connectivity index (χ2n) is 9.08. The van der Waals surface area contributed by atoms with Gasteiger partial charge in [0.25, 0.3) is 0 Å². The van der Waals surface area contributed by atoms with E-state index in [1.165, 1.54) is 12.3 Å². The van der Waals surface area contributed by atoms with Gasteiger partial charge in [0, 0.05) is 5.92 Å². The molecular weight excluding hydrogens is 328 g/mol. The van der Waals surface area contributed by atoms with Gasteiger partial charge in [-0.15, -0.1) is 12.9 Å². The van der Waals surface area contributed by atoms with Gasteiger partial charge < -0.3 is 14.6 Å². The van der Waals surface area contributed by atoms with Crippen molar-refractivity contribution in [3.8, 4) is 0 Å². The first-order valence-corrected chi connectivity index (χ1v) is 10.1. The molecule has 26 heavy (non-hydrogen) atoms. The molecule has 0 aromatic rings. The Morgan fingerprint density at radius 2 is 2.08 bits per heavy atom. The summed E-state index contributed by atoms with van der Waals surface area (Å²) in [6, 6.07) is 0. The summed E-state index contributed by atoms with van der Waals surface area (Å²) in [5.41, 5.74) is 0.935. The van der Waals surface area contributed by atoms with E-state index in [1.54, 1.807) is 0 Å². The van der Waals surface area contributed by atoms with Crippen molar-refractivity contribution in [3.05, 3.63) is 41.7 Å². The summed E-state index contributed by atoms with van der Waals surface area (Å²) in [6.45, 7) is 2.29. The van der Waals surface area contributed by atoms with Gasteiger partial charge in [-0.25, -0.2) is 5.92 Å². The van der Waals surface area contributed by atoms with Gasteiger partial charge in [0.2, 0.25) is 0 Å². The van der Waals surface area contributed by atoms with Crippen molar-refractivity contribution in [1.29, 1.82) is 0 Å². The molecule has 0 aromatic heterocycles. The summed E-state index contributed by atoms with van der Waals surface area (Å²) in [4.78, 5) is 12.1. The normalized spacial score (nSPS) is 51.2. The van der Waals surface area contributed by atoms with E-state index in [2.05, 4.69) is 25.2 Å². The maximum absolute atomic E-state index is 12.9. The minimum absolute atomic E-state index is 0.115. The van der Waals surface area contributed by atoms with Crippen LogP contribution in [0.2, 0.25) is 0 Å². The molecule has 0 N–H and O–H groups in total. The molecular formula is C22H24O4-2. The number of carbonyl (C=O) groups excluding carboxylic acids is 1. The van der Waals surface area contributed by atoms with Crippen molar-refractivity contribution in [1.82, 2.24) is 0 Å². The van der Waals surface area contributed by atoms with Crippen LogP contribution in [0.5, 0.6) is 0 Å². The molecule has 4 heteroatoms. The summed E-state index contributed by atoms with van der Waals surface area (Å²) >= 11 is 0. The van der Waals surface area contributed by atoms with Crippen molar-refractivity contribution >= 4 is 5.97 Å². The monoisotopic (exact) mass is 352 g/mol. The molecule has 4 bridgehead atoms. The van der Waals surface area contributed by atoms with Crippen LogP contribution >= 0.6 is 0 Å². The quantitative estimate of drug-likeness (QED) is 0.257. The van der Waals surface area contributed by atoms with Crippen molar-refractivity contribution in [2.75, 3.05) is 6.61 Å². The predicted molar refractivity (Wildman–Crippen MR) is 91.8 cm³/mol. The lowest BCUT2D eigenvalue weighted by molar-refractivity contribution is -0.360. The molecule has 1 saturated heterocycles. The van der Waals surface area contributed by atoms with E-state index in [4.69, 9.17) is 9.47 Å². The zero-order valence-corrected chi connectivity index (χ0v) is 15.0. The number of ether oxygens (including phenoxy) is 2. The van der Waals surface area contributed by atoms with Crippen LogP contribution in [0.4, 0.5) is 0 Å². The fourth-order valence-electron chi connectivity index (χ4n) is 7.20. The summed E-state index contributed by atoms with van der Waals surface area (Å²) in [7, 11) is 0. The third-order valence-electron chi connectivity index (χ3n) is 8.21. The second kappa shape index (κ2) is 5.11. The lowest BCUT2D eigenvalue weighted by atomic mass is 9.68. The summed E-state index contributed by atoms with van der Waals surface area (Å²) in [5.74, 6) is 4.41. The fraction of sp³-hybridized carbons (Fsp3) is 0.636. The largest absolute Gasteiger partial charge is 0.698 e. The van der Waals surface area contributed by atoms with E-state index in [1.807, 2.05) is 6.08 Å². The fourth-order valence-corrected chi connectivity index (χ4v) is 7.20. The van der Waals surface area contributed by atoms with Gasteiger partial charge in [0.05, 0.1) is 5.92 Å². The molecule has 6 unspecified atom stereocenters. The maximum atomic E-state index is 12.9. The number of carbonyl (C=O) groups is 1. The second-order valence-corrected chi connectivity index (χ2v) is 9.08. The molecule has 0 radical (unpaired) electrons. The van der Waals surface area contributed by atoms with Crippen molar-refractivity contribution in [2.24, 2.45) is 47.3 Å². The number of allylic oxidation sites excluding steroid dienone is 4. The Morgan fingerprint density at radius 3 is 2.92 bits per heavy atom. The first-order valence-electron chi connectivity index (χ1n) is 10.1. The number of hydrogen-bond acceptors (Lipinski definition) is 4. The van der Waals surface area contributed by atoms with E-state index in [-0.39, 0.29) is 36.5 Å². The van der Waals surface area contributed by atoms with Crippen molar-refractivity contribution < 1.29 is 19.4 Å². The van der Waals surface area contributed by atoms with Crippen LogP contribution < -0.4 is 5.11 Å². The van der Waals surface area contributed by atoms with Gasteiger partial charge in [-0.2, -0.15) is 5.57 Å². The molecule has 4 nitrogen and oxygen atoms in total. The molecule has 4 fully saturated rings. The van der Waals surface area contributed by atoms with Gasteiger partial charge in [-0.1, -0.05) is 30.6 Å². The molecule has 1 aliphatic heterocycles. The third-order valence-corrected chi connectivity index (χ3v) is 8.21. The summed E-state index contributed by atoms with van der Waals surface area (Å²) < 4.78 is 11.1. The minimum atomic E-state index is -0.309. The Hall–Kier alpha value is -1.84. The van der Waals surface area contributed by atoms with Gasteiger partial charge in [0.15, 0.2) is 0 Å². The molecule has 138 valence electrons. The first kappa shape index (κ1) is 15.2. The lowest BCUT2D eigenvalue weighted by Crippen LogP contribution is -2.33. The molecule has 5 aliphatic carbocycles. The predicted octanol–water partition coefficient (Wildman–Crippen LogP) is 2.37. The highest BCUT2D eigenvalue weighted by Crippen LogP contribution is 2.69. The molecule has 0 spiro atoms. The Labute approximate surface area is 153 Å². The first-order chi connectivity index (χ1) is 12.6. The van der Waals surface area contributed by atoms with Gasteiger partial charge >= 0.3 is 5.97 Å². The van der Waals surface area contributed by atoms with Crippen LogP contribution in [0.25, 0.3) is 0 Å². The Morgan fingerprint density at radius 1 is 1.27 bits per heavy atom. The molecule has 0 amide bonds. The van der Waals surface area contributed by atoms with E-state index in [9.17, 15) is 9.90 Å². The highest BCUT2D eigenvalue weighted by molar-refractivity contribution is 5.76. The standard InChI is InChI=1S/C22H25O4/c1-10-14-8-15(20-12-6-5-11(7-12)19(14)20)18(10)22(24)25-9-16-13-3-2-4-17(13)26-21(16)23/h2,4-6,11-17,19-20,24H,3,7-9H2,1H3/q-1/p-1/t11?,12?,13-,14?,15?,16+,17-,19?,20?/m1/s1. The molecule has 6 aliphatic rings. The Kier molecular flexibility index (Phi) is 3.00. The molecule has 1 heterocycles. The topological polar surface area (TPSA) is 58.6 Å². The average Bonchev–Trinajstić information content (AvgIpc) is 3.40. The summed E-state index contributed by atoms with van der Waals surface area (Å²) in [6.07, 6.45) is 11.9. The van der Waals surface area contributed by atoms with Gasteiger partial charge in [-0.3, -0.25) is 4.79 Å². The van der Waals surface area contributed by atoms with E-state index >= 15 is 0 Å². The van der Waals surface area contributed by atoms with E-state index < -0.39 is 0 Å². The summed E-state index contributed by atoms with van der Waals surface area (Å²) in [5, 5.41) is 12.9. The van der Waals surface area contributed by atoms with Crippen LogP contribution in [0.15, 0.2) is 35.8 Å². The number of fused-ring (bicyclic) bond motifs is 10.